The van der Waals surface area contributed by atoms with Gasteiger partial charge in [0.1, 0.15) is 0 Å². The lowest BCUT2D eigenvalue weighted by Gasteiger charge is -2.43. The fourth-order valence-electron chi connectivity index (χ4n) is 2.29. The molecule has 1 saturated carbocycles. The zero-order valence-electron chi connectivity index (χ0n) is 8.60. The molecule has 0 radical (unpaired) electrons. The second-order valence-corrected chi connectivity index (χ2v) is 4.56. The minimum absolute atomic E-state index is 0.0716. The summed E-state index contributed by atoms with van der Waals surface area (Å²) < 4.78 is 25.8. The third-order valence-electron chi connectivity index (χ3n) is 3.60. The van der Waals surface area contributed by atoms with Gasteiger partial charge >= 0.3 is 0 Å². The van der Waals surface area contributed by atoms with Gasteiger partial charge in [0.15, 0.2) is 0 Å². The van der Waals surface area contributed by atoms with Gasteiger partial charge in [-0.2, -0.15) is 0 Å². The summed E-state index contributed by atoms with van der Waals surface area (Å²) in [5, 5.41) is 3.21. The van der Waals surface area contributed by atoms with Crippen molar-refractivity contribution < 1.29 is 8.78 Å². The zero-order chi connectivity index (χ0) is 10.2. The molecule has 1 aliphatic heterocycles. The first-order valence-electron chi connectivity index (χ1n) is 5.39. The largest absolute Gasteiger partial charge is 0.314 e. The number of hydrogen-bond acceptors (Lipinski definition) is 2. The molecular weight excluding hydrogens is 186 g/mol. The third-order valence-corrected chi connectivity index (χ3v) is 3.60. The summed E-state index contributed by atoms with van der Waals surface area (Å²) in [6, 6.07) is 0.952. The summed E-state index contributed by atoms with van der Waals surface area (Å²) in [4.78, 5) is 2.28. The number of rotatable bonds is 2. The van der Waals surface area contributed by atoms with Crippen LogP contribution in [0.4, 0.5) is 8.78 Å². The molecule has 0 spiro atoms. The summed E-state index contributed by atoms with van der Waals surface area (Å²) in [5.41, 5.74) is 0. The summed E-state index contributed by atoms with van der Waals surface area (Å²) in [5.74, 6) is -2.39. The van der Waals surface area contributed by atoms with Crippen LogP contribution in [0.1, 0.15) is 25.7 Å². The van der Waals surface area contributed by atoms with E-state index < -0.39 is 5.92 Å². The van der Waals surface area contributed by atoms with Crippen molar-refractivity contribution in [2.24, 2.45) is 0 Å². The fourth-order valence-corrected chi connectivity index (χ4v) is 2.29. The highest BCUT2D eigenvalue weighted by atomic mass is 19.3. The molecule has 2 rings (SSSR count). The number of hydrogen-bond donors (Lipinski definition) is 1. The Labute approximate surface area is 83.7 Å². The summed E-state index contributed by atoms with van der Waals surface area (Å²) in [7, 11) is 2.07. The molecule has 0 aromatic rings. The molecule has 14 heavy (non-hydrogen) atoms. The van der Waals surface area contributed by atoms with Gasteiger partial charge in [0.25, 0.3) is 0 Å². The molecule has 0 bridgehead atoms. The van der Waals surface area contributed by atoms with E-state index in [2.05, 4.69) is 17.3 Å². The van der Waals surface area contributed by atoms with Crippen LogP contribution in [0.2, 0.25) is 0 Å². The first-order valence-corrected chi connectivity index (χ1v) is 5.39. The normalized spacial score (nSPS) is 29.1. The predicted octanol–water partition coefficient (Wildman–Crippen LogP) is 1.47. The smallest absolute Gasteiger partial charge is 0.248 e. The molecule has 4 heteroatoms. The second-order valence-electron chi connectivity index (χ2n) is 4.56. The van der Waals surface area contributed by atoms with Crippen molar-refractivity contribution in [3.63, 3.8) is 0 Å². The molecule has 0 amide bonds. The number of nitrogens with one attached hydrogen (secondary N) is 1. The molecule has 2 aliphatic rings. The van der Waals surface area contributed by atoms with E-state index in [0.717, 1.165) is 13.1 Å². The van der Waals surface area contributed by atoms with Gasteiger partial charge in [0, 0.05) is 38.0 Å². The minimum Gasteiger partial charge on any atom is -0.314 e. The van der Waals surface area contributed by atoms with Crippen LogP contribution < -0.4 is 5.32 Å². The fraction of sp³-hybridized carbons (Fsp3) is 1.00. The summed E-state index contributed by atoms with van der Waals surface area (Å²) >= 11 is 0. The van der Waals surface area contributed by atoms with Crippen LogP contribution in [0.15, 0.2) is 0 Å². The van der Waals surface area contributed by atoms with Gasteiger partial charge in [0.2, 0.25) is 5.92 Å². The van der Waals surface area contributed by atoms with Crippen LogP contribution in [0, 0.1) is 0 Å². The lowest BCUT2D eigenvalue weighted by molar-refractivity contribution is -0.0572. The van der Waals surface area contributed by atoms with Crippen molar-refractivity contribution in [2.45, 2.75) is 43.7 Å². The van der Waals surface area contributed by atoms with E-state index in [1.54, 1.807) is 0 Å². The van der Waals surface area contributed by atoms with Crippen molar-refractivity contribution in [1.29, 1.82) is 0 Å². The number of halogens is 2. The summed E-state index contributed by atoms with van der Waals surface area (Å²) in [6.07, 6.45) is 1.45. The molecule has 2 fully saturated rings. The standard InChI is InChI=1S/C10H18F2N2/c1-14(9-6-13-7-9)8-2-4-10(11,12)5-3-8/h8-9,13H,2-7H2,1H3. The first-order chi connectivity index (χ1) is 6.58. The molecule has 0 atom stereocenters. The highest BCUT2D eigenvalue weighted by Gasteiger charge is 2.38. The van der Waals surface area contributed by atoms with Crippen molar-refractivity contribution in [1.82, 2.24) is 10.2 Å². The maximum Gasteiger partial charge on any atom is 0.248 e. The Morgan fingerprint density at radius 2 is 1.71 bits per heavy atom. The lowest BCUT2D eigenvalue weighted by atomic mass is 9.90. The van der Waals surface area contributed by atoms with E-state index in [4.69, 9.17) is 0 Å². The average Bonchev–Trinajstić information content (AvgIpc) is 2.00. The predicted molar refractivity (Wildman–Crippen MR) is 51.6 cm³/mol. The van der Waals surface area contributed by atoms with Crippen molar-refractivity contribution in [3.8, 4) is 0 Å². The van der Waals surface area contributed by atoms with Crippen LogP contribution in [0.3, 0.4) is 0 Å². The van der Waals surface area contributed by atoms with Crippen molar-refractivity contribution in [2.75, 3.05) is 20.1 Å². The minimum atomic E-state index is -2.39. The quantitative estimate of drug-likeness (QED) is 0.732. The summed E-state index contributed by atoms with van der Waals surface area (Å²) in [6.45, 7) is 2.03. The van der Waals surface area contributed by atoms with Gasteiger partial charge in [-0.25, -0.2) is 8.78 Å². The van der Waals surface area contributed by atoms with E-state index in [-0.39, 0.29) is 12.8 Å². The lowest BCUT2D eigenvalue weighted by Crippen LogP contribution is -2.59. The third kappa shape index (κ3) is 2.06. The molecule has 1 saturated heterocycles. The second kappa shape index (κ2) is 3.74. The van der Waals surface area contributed by atoms with Crippen LogP contribution in [-0.2, 0) is 0 Å². The SMILES string of the molecule is CN(C1CCC(F)(F)CC1)C1CNC1. The molecule has 2 nitrogen and oxygen atoms in total. The number of likely N-dealkylation sites (N-methyl/N-ethyl adjacent to an activating group) is 1. The van der Waals surface area contributed by atoms with Crippen LogP contribution >= 0.6 is 0 Å². The van der Waals surface area contributed by atoms with Crippen LogP contribution in [0.5, 0.6) is 0 Å². The van der Waals surface area contributed by atoms with Gasteiger partial charge in [-0.3, -0.25) is 4.90 Å². The molecule has 0 aromatic carbocycles. The van der Waals surface area contributed by atoms with E-state index >= 15 is 0 Å². The Morgan fingerprint density at radius 1 is 1.14 bits per heavy atom. The van der Waals surface area contributed by atoms with Gasteiger partial charge < -0.3 is 5.32 Å². The monoisotopic (exact) mass is 204 g/mol. The van der Waals surface area contributed by atoms with Gasteiger partial charge in [0.05, 0.1) is 0 Å². The first kappa shape index (κ1) is 10.3. The van der Waals surface area contributed by atoms with E-state index in [1.165, 1.54) is 0 Å². The van der Waals surface area contributed by atoms with Crippen molar-refractivity contribution in [3.05, 3.63) is 0 Å². The molecular formula is C10H18F2N2. The maximum absolute atomic E-state index is 12.9. The highest BCUT2D eigenvalue weighted by Crippen LogP contribution is 2.35. The Bertz CT molecular complexity index is 194. The zero-order valence-corrected chi connectivity index (χ0v) is 8.60. The van der Waals surface area contributed by atoms with Gasteiger partial charge in [-0.1, -0.05) is 0 Å². The van der Waals surface area contributed by atoms with E-state index in [0.29, 0.717) is 24.9 Å². The molecule has 1 N–H and O–H groups in total. The van der Waals surface area contributed by atoms with Crippen LogP contribution in [-0.4, -0.2) is 43.0 Å². The number of nitrogens with zero attached hydrogens (tertiary/aromatic N) is 1. The molecule has 1 aliphatic carbocycles. The molecule has 1 heterocycles. The Kier molecular flexibility index (Phi) is 2.75. The molecule has 82 valence electrons. The molecule has 0 aromatic heterocycles. The van der Waals surface area contributed by atoms with Gasteiger partial charge in [-0.15, -0.1) is 0 Å². The van der Waals surface area contributed by atoms with E-state index in [9.17, 15) is 8.78 Å². The van der Waals surface area contributed by atoms with E-state index in [1.807, 2.05) is 0 Å². The molecule has 0 unspecified atom stereocenters. The Hall–Kier alpha value is -0.220. The maximum atomic E-state index is 12.9. The number of alkyl halides is 2. The Morgan fingerprint density at radius 3 is 2.14 bits per heavy atom. The average molecular weight is 204 g/mol. The Balaban J connectivity index is 1.82. The van der Waals surface area contributed by atoms with Crippen molar-refractivity contribution >= 4 is 0 Å². The van der Waals surface area contributed by atoms with Gasteiger partial charge in [-0.05, 0) is 19.9 Å². The van der Waals surface area contributed by atoms with Crippen LogP contribution in [0.25, 0.3) is 0 Å². The highest BCUT2D eigenvalue weighted by molar-refractivity contribution is 4.90. The topological polar surface area (TPSA) is 15.3 Å².